The van der Waals surface area contributed by atoms with Gasteiger partial charge in [-0.3, -0.25) is 9.78 Å². The largest absolute Gasteiger partial charge is 0.512 e. The second-order valence-electron chi connectivity index (χ2n) is 35.2. The van der Waals surface area contributed by atoms with Gasteiger partial charge in [-0.25, -0.2) is 9.97 Å². The van der Waals surface area contributed by atoms with E-state index in [1.807, 2.05) is 229 Å². The zero-order chi connectivity index (χ0) is 106. The van der Waals surface area contributed by atoms with Gasteiger partial charge in [-0.15, -0.1) is 215 Å². The molecule has 0 saturated heterocycles. The van der Waals surface area contributed by atoms with Crippen molar-refractivity contribution in [3.63, 3.8) is 0 Å². The van der Waals surface area contributed by atoms with Crippen molar-refractivity contribution in [1.29, 1.82) is 0 Å². The number of hydrogen-bond acceptors (Lipinski definition) is 13. The molecule has 0 bridgehead atoms. The van der Waals surface area contributed by atoms with Crippen LogP contribution in [0.1, 0.15) is 111 Å². The molecule has 146 heavy (non-hydrogen) atoms. The van der Waals surface area contributed by atoms with E-state index in [0.717, 1.165) is 134 Å². The molecule has 0 fully saturated rings. The Morgan fingerprint density at radius 1 is 0.356 bits per heavy atom. The number of ketones is 1. The van der Waals surface area contributed by atoms with Crippen molar-refractivity contribution in [2.75, 3.05) is 0 Å². The Bertz CT molecular complexity index is 8070. The van der Waals surface area contributed by atoms with Gasteiger partial charge in [0, 0.05) is 182 Å². The monoisotopic (exact) mass is 2630 g/mol. The quantitative estimate of drug-likeness (QED) is 0.0618. The van der Waals surface area contributed by atoms with Crippen molar-refractivity contribution >= 4 is 60.8 Å². The standard InChI is InChI=1S/C32H26N.C17H11N2O.C17H12N.C16H9N2O.3C12H10N.C11H20O2.4Ir/c1-20-14-21(2)16-23(15-20)30-18-25(22-10-6-5-7-11-22)27-17-26-24-12-8-9-13-28(24)32(3,4)29(26)19-31(27)33-30;1-11-8-9-13-12-5-4-6-14(15-7-2-3-10-18-15)16(12)20-17(13)19-11;1-3-7-14(8-4-1)16-11-12-17(18-13-16)15-9-5-2-6-10-15;1-2-9-17-14(8-1)13-6-3-5-11-12-7-4-10-18-16(12)19-15(11)13;3*1-10-7-8-12(13-9-10)11-5-3-2-4-6-11;1-8(2)5-10(12)7-11(13)6-9(3)4;;;;/h5-15,17-19H,1-4H3;2-5,7-10H,1H3;1-9,11-13H;1-5,7-10H;3*2-5,7-9H,1H3;7-9,12H,5-6H2,1-4H3;;;;/q7*-1;;;;;/i;;;;3*1D3;;;;;. The number of benzene rings is 11. The molecule has 0 saturated carbocycles. The van der Waals surface area contributed by atoms with Crippen LogP contribution in [0.4, 0.5) is 0 Å². The maximum atomic E-state index is 11.2. The molecule has 736 valence electrons. The van der Waals surface area contributed by atoms with Gasteiger partial charge in [-0.2, -0.15) is 0 Å². The number of fused-ring (bicyclic) bond motifs is 10. The predicted octanol–water partition coefficient (Wildman–Crippen LogP) is 32.2. The summed E-state index contributed by atoms with van der Waals surface area (Å²) in [5, 5.41) is 14.7. The average Bonchev–Trinajstić information content (AvgIpc) is 1.56. The molecule has 4 radical (unpaired) electrons. The SMILES string of the molecule is CC(C)CC(=O)C=C(O)CC(C)C.Cc1[c-]c(-c2cc(-c3ccccc3)c3cc4c(cc3n2)C(C)(C)c2ccccc2-4)cc(C)c1.Cc1ccc2c(n1)oc1c(-c3ccccn3)[c-]ccc12.[2H]C([2H])([2H])c1ccc(-c2[c-]cccc2)nc1.[2H]C([2H])([2H])c1ccc(-c2[c-]cccc2)nc1.[2H]C([2H])([2H])c1ccc(-c2[c-]cccc2)nc1.[Ir].[Ir].[Ir].[Ir].[c-]1ccc2c(oc3ncccc32)c1-c1ccccn1.[c-]1ccccc1-c1ccc(-c2ccccc2)cn1. The summed E-state index contributed by atoms with van der Waals surface area (Å²) in [5.74, 6) is 0.979. The third-order valence-corrected chi connectivity index (χ3v) is 23.2. The van der Waals surface area contributed by atoms with Gasteiger partial charge < -0.3 is 43.8 Å². The van der Waals surface area contributed by atoms with E-state index in [4.69, 9.17) is 26.2 Å². The van der Waals surface area contributed by atoms with Gasteiger partial charge in [0.15, 0.2) is 5.78 Å². The van der Waals surface area contributed by atoms with Gasteiger partial charge in [0.2, 0.25) is 11.4 Å². The number of pyridine rings is 9. The van der Waals surface area contributed by atoms with E-state index in [1.54, 1.807) is 73.2 Å². The van der Waals surface area contributed by atoms with Crippen LogP contribution in [0.3, 0.4) is 0 Å². The van der Waals surface area contributed by atoms with Gasteiger partial charge in [-0.05, 0) is 189 Å². The third-order valence-electron chi connectivity index (χ3n) is 23.2. The summed E-state index contributed by atoms with van der Waals surface area (Å²) in [7, 11) is 0. The number of allylic oxidation sites excluding steroid dienone is 2. The van der Waals surface area contributed by atoms with Crippen LogP contribution >= 0.6 is 0 Å². The molecule has 11 aromatic carbocycles. The summed E-state index contributed by atoms with van der Waals surface area (Å²) < 4.78 is 76.9. The van der Waals surface area contributed by atoms with E-state index in [-0.39, 0.29) is 114 Å². The van der Waals surface area contributed by atoms with Crippen molar-refractivity contribution in [1.82, 2.24) is 44.9 Å². The number of aliphatic hydroxyl groups excluding tert-OH is 1. The molecular formula is C129H108Ir4N9O4-7. The molecule has 0 atom stereocenters. The number of carbonyl (C=O) groups excluding carboxylic acids is 1. The molecule has 13 nitrogen and oxygen atoms in total. The first-order valence-electron chi connectivity index (χ1n) is 51.3. The molecule has 11 heterocycles. The summed E-state index contributed by atoms with van der Waals surface area (Å²) in [5.41, 5.74) is 30.4. The van der Waals surface area contributed by atoms with Crippen molar-refractivity contribution < 1.29 is 111 Å². The number of nitrogens with zero attached hydrogens (tertiary/aromatic N) is 9. The Kier molecular flexibility index (Phi) is 35.6. The Hall–Kier alpha value is -14.6. The summed E-state index contributed by atoms with van der Waals surface area (Å²) >= 11 is 0. The second kappa shape index (κ2) is 53.3. The molecule has 0 unspecified atom stereocenters. The first kappa shape index (κ1) is 97.5. The fraction of sp³-hybridized carbons (Fsp3) is 0.132. The maximum absolute atomic E-state index is 11.2. The van der Waals surface area contributed by atoms with E-state index >= 15 is 0 Å². The number of rotatable bonds is 14. The molecule has 22 aromatic rings. The Morgan fingerprint density at radius 2 is 0.829 bits per heavy atom. The maximum Gasteiger partial charge on any atom is 0.216 e. The summed E-state index contributed by atoms with van der Waals surface area (Å²) in [6, 6.07) is 135. The first-order chi connectivity index (χ1) is 72.7. The molecule has 1 aliphatic carbocycles. The molecule has 17 heteroatoms. The third kappa shape index (κ3) is 28.8. The molecule has 0 aliphatic heterocycles. The number of hydrogen-bond donors (Lipinski definition) is 1. The molecule has 1 aliphatic rings. The first-order valence-corrected chi connectivity index (χ1v) is 46.8. The van der Waals surface area contributed by atoms with E-state index in [0.29, 0.717) is 36.1 Å². The number of carbonyl (C=O) groups is 1. The summed E-state index contributed by atoms with van der Waals surface area (Å²) in [6.45, 7) is 12.6. The van der Waals surface area contributed by atoms with Crippen molar-refractivity contribution in [3.8, 4) is 112 Å². The Labute approximate surface area is 922 Å². The Balaban J connectivity index is 0.000000158. The molecule has 11 aromatic heterocycles. The number of aryl methyl sites for hydroxylation is 6. The number of furan rings is 2. The number of aromatic nitrogens is 9. The van der Waals surface area contributed by atoms with Gasteiger partial charge in [0.05, 0.1) is 22.4 Å². The normalized spacial score (nSPS) is 12.3. The fourth-order valence-corrected chi connectivity index (χ4v) is 16.5. The topological polar surface area (TPSA) is 180 Å². The number of aliphatic hydroxyl groups is 1. The summed E-state index contributed by atoms with van der Waals surface area (Å²) in [6.07, 6.45) is 13.8. The van der Waals surface area contributed by atoms with E-state index < -0.39 is 20.6 Å². The van der Waals surface area contributed by atoms with Gasteiger partial charge in [0.25, 0.3) is 0 Å². The molecule has 0 spiro atoms. The summed E-state index contributed by atoms with van der Waals surface area (Å²) in [4.78, 5) is 50.7. The second-order valence-corrected chi connectivity index (χ2v) is 35.2. The van der Waals surface area contributed by atoms with E-state index in [1.165, 1.54) is 74.6 Å². The van der Waals surface area contributed by atoms with Gasteiger partial charge in [0.1, 0.15) is 0 Å². The fourth-order valence-electron chi connectivity index (χ4n) is 16.5. The minimum atomic E-state index is -2.09. The van der Waals surface area contributed by atoms with E-state index in [9.17, 15) is 9.90 Å². The molecule has 1 N–H and O–H groups in total. The molecule has 0 amide bonds. The molecular weight excluding hydrogens is 2510 g/mol. The van der Waals surface area contributed by atoms with Crippen LogP contribution in [0.2, 0.25) is 0 Å². The van der Waals surface area contributed by atoms with E-state index in [2.05, 4.69) is 213 Å². The minimum Gasteiger partial charge on any atom is -0.512 e. The van der Waals surface area contributed by atoms with Crippen LogP contribution in [0.15, 0.2) is 410 Å². The average molecular weight is 2630 g/mol. The van der Waals surface area contributed by atoms with Crippen LogP contribution in [-0.2, 0) is 90.6 Å². The van der Waals surface area contributed by atoms with Crippen molar-refractivity contribution in [2.45, 2.75) is 101 Å². The van der Waals surface area contributed by atoms with Crippen LogP contribution in [0, 0.1) is 95.6 Å². The van der Waals surface area contributed by atoms with Crippen LogP contribution in [-0.4, -0.2) is 55.7 Å². The van der Waals surface area contributed by atoms with Crippen molar-refractivity contribution in [2.24, 2.45) is 11.8 Å². The predicted molar refractivity (Wildman–Crippen MR) is 579 cm³/mol. The smallest absolute Gasteiger partial charge is 0.216 e. The zero-order valence-electron chi connectivity index (χ0n) is 90.6. The van der Waals surface area contributed by atoms with Crippen LogP contribution in [0.25, 0.3) is 167 Å². The zero-order valence-corrected chi connectivity index (χ0v) is 91.2. The Morgan fingerprint density at radius 3 is 1.29 bits per heavy atom. The van der Waals surface area contributed by atoms with Gasteiger partial charge in [-0.1, -0.05) is 241 Å². The van der Waals surface area contributed by atoms with Crippen LogP contribution in [0.5, 0.6) is 0 Å². The minimum absolute atomic E-state index is 0. The van der Waals surface area contributed by atoms with Crippen molar-refractivity contribution in [3.05, 3.63) is 488 Å². The molecule has 23 rings (SSSR count). The van der Waals surface area contributed by atoms with Gasteiger partial charge >= 0.3 is 0 Å². The van der Waals surface area contributed by atoms with Crippen LogP contribution < -0.4 is 0 Å².